The number of benzene rings is 1. The lowest BCUT2D eigenvalue weighted by Crippen LogP contribution is -2.62. The number of aliphatic hydroxyl groups is 2. The molecule has 112 heavy (non-hydrogen) atoms. The first-order valence-corrected chi connectivity index (χ1v) is 38.3. The van der Waals surface area contributed by atoms with Gasteiger partial charge in [-0.3, -0.25) is 52.7 Å². The van der Waals surface area contributed by atoms with E-state index in [1.54, 1.807) is 127 Å². The van der Waals surface area contributed by atoms with Crippen molar-refractivity contribution in [2.24, 2.45) is 11.7 Å². The first-order chi connectivity index (χ1) is 52.1. The molecule has 18 N–H and O–H groups in total. The van der Waals surface area contributed by atoms with Crippen LogP contribution >= 0.6 is 0 Å². The molecule has 0 aromatic heterocycles. The van der Waals surface area contributed by atoms with Gasteiger partial charge in [-0.05, 0) is 160 Å². The van der Waals surface area contributed by atoms with Gasteiger partial charge in [0.25, 0.3) is 5.91 Å². The van der Waals surface area contributed by atoms with Crippen molar-refractivity contribution in [3.05, 3.63) is 35.9 Å². The summed E-state index contributed by atoms with van der Waals surface area (Å²) in [5, 5.41) is 57.6. The molecule has 0 aliphatic carbocycles. The van der Waals surface area contributed by atoms with Crippen molar-refractivity contribution >= 4 is 89.4 Å². The second-order valence-corrected chi connectivity index (χ2v) is 31.9. The van der Waals surface area contributed by atoms with Crippen LogP contribution < -0.4 is 80.2 Å². The molecule has 634 valence electrons. The van der Waals surface area contributed by atoms with Crippen LogP contribution in [0.4, 0.5) is 19.2 Å². The Bertz CT molecular complexity index is 3260. The van der Waals surface area contributed by atoms with Gasteiger partial charge in [0, 0.05) is 52.0 Å². The number of carbonyl (C=O) groups excluding carboxylic acids is 15. The van der Waals surface area contributed by atoms with Gasteiger partial charge in [0.05, 0.1) is 12.2 Å². The minimum atomic E-state index is -1.92. The Morgan fingerprint density at radius 1 is 0.509 bits per heavy atom. The Morgan fingerprint density at radius 3 is 1.38 bits per heavy atom. The lowest BCUT2D eigenvalue weighted by Gasteiger charge is -2.29. The lowest BCUT2D eigenvalue weighted by atomic mass is 10.00. The molecule has 0 bridgehead atoms. The van der Waals surface area contributed by atoms with Crippen LogP contribution in [0.2, 0.25) is 0 Å². The summed E-state index contributed by atoms with van der Waals surface area (Å²) >= 11 is 0. The Morgan fingerprint density at radius 2 is 0.938 bits per heavy atom. The van der Waals surface area contributed by atoms with Gasteiger partial charge in [-0.25, -0.2) is 19.2 Å². The Hall–Kier alpha value is -9.65. The molecule has 37 nitrogen and oxygen atoms in total. The summed E-state index contributed by atoms with van der Waals surface area (Å²) in [7, 11) is 0. The zero-order chi connectivity index (χ0) is 84.9. The maximum absolute atomic E-state index is 15.3. The molecule has 1 aliphatic rings. The molecule has 0 radical (unpaired) electrons. The summed E-state index contributed by atoms with van der Waals surface area (Å²) in [6, 6.07) is -7.60. The van der Waals surface area contributed by atoms with Gasteiger partial charge >= 0.3 is 30.3 Å². The smallest absolute Gasteiger partial charge is 0.407 e. The molecule has 1 aromatic carbocycles. The van der Waals surface area contributed by atoms with E-state index in [-0.39, 0.29) is 51.2 Å². The van der Waals surface area contributed by atoms with Crippen LogP contribution in [0.15, 0.2) is 30.3 Å². The maximum atomic E-state index is 15.3. The number of hydrogen-bond donors (Lipinski definition) is 17. The number of nitrogens with two attached hydrogens (primary N) is 1. The highest BCUT2D eigenvalue weighted by molar-refractivity contribution is 5.99. The summed E-state index contributed by atoms with van der Waals surface area (Å²) in [6.45, 7) is 24.5. The van der Waals surface area contributed by atoms with Crippen molar-refractivity contribution in [1.29, 1.82) is 0 Å². The van der Waals surface area contributed by atoms with Crippen LogP contribution in [0.25, 0.3) is 0 Å². The highest BCUT2D eigenvalue weighted by atomic mass is 16.6. The fraction of sp³-hybridized carbons (Fsp3) is 0.720. The van der Waals surface area contributed by atoms with Gasteiger partial charge in [-0.2, -0.15) is 0 Å². The number of amides is 14. The fourth-order valence-electron chi connectivity index (χ4n) is 10.8. The summed E-state index contributed by atoms with van der Waals surface area (Å²) in [5.74, 6) is -12.2. The largest absolute Gasteiger partial charge is 0.452 e. The van der Waals surface area contributed by atoms with Crippen LogP contribution in [0.3, 0.4) is 0 Å². The van der Waals surface area contributed by atoms with Gasteiger partial charge in [0.2, 0.25) is 53.2 Å². The first-order valence-electron chi connectivity index (χ1n) is 38.3. The third-order valence-electron chi connectivity index (χ3n) is 16.2. The SMILES string of the molecule is CCCCCCCC(=O)O[C@@H](CCN)C(=O)N[C@H](C(=O)N[C@@H](CCNC(=O)OC(C)(C)C)C(=O)N[C@H]1CCNC(=O)[C@H](C(C)O)NC(=O)[C@H](CCNC(=O)OC(C)(C)C)NC(=O)[C@H](CCNC(=O)OC(C)(C)C)NC(=O)[C@H](CC(C)C)NC(=O)[C@@H](Cc2ccccc2)NC(=O)[C@H](CCNC(=O)OC(C)(C)C)NC1=O)C(C)O. The number of alkyl carbamates (subject to hydrolysis) is 4. The van der Waals surface area contributed by atoms with Crippen LogP contribution in [-0.4, -0.2) is 234 Å². The van der Waals surface area contributed by atoms with Gasteiger partial charge in [-0.15, -0.1) is 0 Å². The highest BCUT2D eigenvalue weighted by Crippen LogP contribution is 2.16. The molecule has 1 fully saturated rings. The minimum absolute atomic E-state index is 0.0308. The van der Waals surface area contributed by atoms with Crippen molar-refractivity contribution < 1.29 is 106 Å². The predicted octanol–water partition coefficient (Wildman–Crippen LogP) is 1.20. The van der Waals surface area contributed by atoms with Crippen LogP contribution in [0.5, 0.6) is 0 Å². The van der Waals surface area contributed by atoms with Crippen molar-refractivity contribution in [2.45, 2.75) is 303 Å². The van der Waals surface area contributed by atoms with Gasteiger partial charge in [0.1, 0.15) is 76.8 Å². The number of aliphatic hydroxyl groups excluding tert-OH is 2. The van der Waals surface area contributed by atoms with Crippen LogP contribution in [0.1, 0.15) is 207 Å². The molecule has 1 saturated heterocycles. The molecular weight excluding hydrogens is 1460 g/mol. The van der Waals surface area contributed by atoms with E-state index in [1.165, 1.54) is 0 Å². The highest BCUT2D eigenvalue weighted by Gasteiger charge is 2.39. The molecule has 14 amide bonds. The van der Waals surface area contributed by atoms with Gasteiger partial charge in [0.15, 0.2) is 6.10 Å². The third kappa shape index (κ3) is 41.6. The van der Waals surface area contributed by atoms with E-state index >= 15 is 19.2 Å². The molecule has 1 aromatic rings. The summed E-state index contributed by atoms with van der Waals surface area (Å²) in [4.78, 5) is 213. The fourth-order valence-corrected chi connectivity index (χ4v) is 10.8. The molecule has 12 atom stereocenters. The van der Waals surface area contributed by atoms with E-state index in [1.807, 2.05) is 6.92 Å². The molecule has 37 heteroatoms. The quantitative estimate of drug-likeness (QED) is 0.0267. The number of carbonyl (C=O) groups is 15. The predicted molar refractivity (Wildman–Crippen MR) is 410 cm³/mol. The normalized spacial score (nSPS) is 20.2. The standard InChI is InChI=1S/C75H127N15O22/c1-18-19-20-21-25-28-55(93)108-54(29-35-76)65(101)90-57(45(5)92)67(103)86-50(33-39-80-70(106)111-74(12,13)14)60(96)82-47-30-36-77-66(102)56(44(4)91)89-62(98)51(34-40-81-71(107)112-75(15,16)17)84-59(95)48(31-37-78-68(104)109-72(6,7)8)85-63(99)52(41-43(2)3)87-64(100)53(42-46-26-23-22-24-27-46)88-61(97)49(83-58(47)94)32-38-79-69(105)110-73(9,10)11/h22-24,26-27,43-45,47-54,56-57,91-92H,18-21,25,28-42,76H2,1-17H3,(H,77,102)(H,78,104)(H,79,105)(H,80,106)(H,81,107)(H,82,96)(H,83,94)(H,84,95)(H,85,99)(H,86,103)(H,87,100)(H,88,97)(H,89,98)(H,90,101)/t44?,45?,47-,48-,49-,50-,51-,52-,53+,54-,56-,57-/m0/s1. The van der Waals surface area contributed by atoms with Crippen molar-refractivity contribution in [3.63, 3.8) is 0 Å². The number of esters is 1. The lowest BCUT2D eigenvalue weighted by molar-refractivity contribution is -0.157. The molecule has 1 heterocycles. The molecule has 0 spiro atoms. The van der Waals surface area contributed by atoms with E-state index in [0.29, 0.717) is 12.0 Å². The number of rotatable bonds is 33. The maximum Gasteiger partial charge on any atom is 0.407 e. The van der Waals surface area contributed by atoms with Crippen LogP contribution in [0, 0.1) is 5.92 Å². The van der Waals surface area contributed by atoms with E-state index < -0.39 is 236 Å². The monoisotopic (exact) mass is 1590 g/mol. The Labute approximate surface area is 656 Å². The number of nitrogens with one attached hydrogen (secondary N) is 14. The van der Waals surface area contributed by atoms with Gasteiger partial charge < -0.3 is 114 Å². The van der Waals surface area contributed by atoms with Crippen LogP contribution in [-0.2, 0) is 82.8 Å². The molecule has 0 saturated carbocycles. The summed E-state index contributed by atoms with van der Waals surface area (Å²) in [6.07, 6.45) is -7.94. The molecule has 1 aliphatic heterocycles. The van der Waals surface area contributed by atoms with Crippen molar-refractivity contribution in [3.8, 4) is 0 Å². The van der Waals surface area contributed by atoms with E-state index in [0.717, 1.165) is 39.5 Å². The average Bonchev–Trinajstić information content (AvgIpc) is 0.937. The molecule has 2 unspecified atom stereocenters. The average molecular weight is 1590 g/mol. The Balaban J connectivity index is 3.08. The zero-order valence-electron chi connectivity index (χ0n) is 68.2. The Kier molecular flexibility index (Phi) is 42.5. The zero-order valence-corrected chi connectivity index (χ0v) is 68.2. The summed E-state index contributed by atoms with van der Waals surface area (Å²) < 4.78 is 27.0. The topological polar surface area (TPSA) is 537 Å². The second-order valence-electron chi connectivity index (χ2n) is 31.9. The van der Waals surface area contributed by atoms with Gasteiger partial charge in [-0.1, -0.05) is 76.8 Å². The van der Waals surface area contributed by atoms with E-state index in [4.69, 9.17) is 29.4 Å². The minimum Gasteiger partial charge on any atom is -0.452 e. The molecular formula is C75H127N15O22. The van der Waals surface area contributed by atoms with E-state index in [9.17, 15) is 63.0 Å². The van der Waals surface area contributed by atoms with Crippen molar-refractivity contribution in [2.75, 3.05) is 39.3 Å². The third-order valence-corrected chi connectivity index (χ3v) is 16.2. The number of unbranched alkanes of at least 4 members (excludes halogenated alkanes) is 4. The summed E-state index contributed by atoms with van der Waals surface area (Å²) in [5.41, 5.74) is 2.30. The first kappa shape index (κ1) is 98.4. The number of hydrogen-bond acceptors (Lipinski definition) is 23. The van der Waals surface area contributed by atoms with E-state index in [2.05, 4.69) is 74.4 Å². The number of ether oxygens (including phenoxy) is 5. The molecule has 2 rings (SSSR count). The second kappa shape index (κ2) is 48.3. The van der Waals surface area contributed by atoms with Crippen molar-refractivity contribution in [1.82, 2.24) is 74.4 Å².